The van der Waals surface area contributed by atoms with Gasteiger partial charge in [-0.3, -0.25) is 5.41 Å². The van der Waals surface area contributed by atoms with Crippen molar-refractivity contribution in [2.24, 2.45) is 0 Å². The molecule has 1 saturated carbocycles. The minimum atomic E-state index is -4.50. The first-order valence-electron chi connectivity index (χ1n) is 4.79. The van der Waals surface area contributed by atoms with Crippen LogP contribution in [-0.4, -0.2) is 16.9 Å². The van der Waals surface area contributed by atoms with E-state index in [-0.39, 0.29) is 23.3 Å². The predicted molar refractivity (Wildman–Crippen MR) is 53.2 cm³/mol. The second kappa shape index (κ2) is 3.43. The van der Waals surface area contributed by atoms with Crippen LogP contribution in [0.25, 0.3) is 0 Å². The van der Waals surface area contributed by atoms with E-state index in [2.05, 4.69) is 10.3 Å². The molecule has 0 bridgehead atoms. The first kappa shape index (κ1) is 10.8. The number of hydrogen-bond acceptors (Lipinski definition) is 2. The minimum absolute atomic E-state index is 0.114. The lowest BCUT2D eigenvalue weighted by Gasteiger charge is -2.11. The van der Waals surface area contributed by atoms with E-state index in [1.165, 1.54) is 0 Å². The van der Waals surface area contributed by atoms with Crippen LogP contribution < -0.4 is 11.1 Å². The fraction of sp³-hybridized carbons (Fsp3) is 0.444. The van der Waals surface area contributed by atoms with Gasteiger partial charge in [-0.1, -0.05) is 0 Å². The Morgan fingerprint density at radius 1 is 1.50 bits per heavy atom. The fourth-order valence-corrected chi connectivity index (χ4v) is 1.44. The van der Waals surface area contributed by atoms with Crippen molar-refractivity contribution in [3.8, 4) is 0 Å². The number of hydrogen-bond donors (Lipinski definition) is 4. The van der Waals surface area contributed by atoms with Gasteiger partial charge in [0.1, 0.15) is 11.7 Å². The quantitative estimate of drug-likeness (QED) is 0.462. The topological polar surface area (TPSA) is 77.7 Å². The molecule has 1 aliphatic carbocycles. The van der Waals surface area contributed by atoms with Crippen molar-refractivity contribution in [1.29, 1.82) is 5.41 Å². The third-order valence-corrected chi connectivity index (χ3v) is 2.39. The van der Waals surface area contributed by atoms with Gasteiger partial charge in [0.05, 0.1) is 11.1 Å². The molecule has 0 radical (unpaired) electrons. The highest BCUT2D eigenvalue weighted by molar-refractivity contribution is 6.02. The molecule has 0 aliphatic heterocycles. The molecular weight excluding hydrogens is 221 g/mol. The van der Waals surface area contributed by atoms with Gasteiger partial charge in [-0.15, -0.1) is 0 Å². The molecule has 1 fully saturated rings. The van der Waals surface area contributed by atoms with Gasteiger partial charge >= 0.3 is 6.18 Å². The van der Waals surface area contributed by atoms with Crippen LogP contribution in [-0.2, 0) is 6.18 Å². The van der Waals surface area contributed by atoms with E-state index in [0.717, 1.165) is 19.0 Å². The zero-order valence-corrected chi connectivity index (χ0v) is 8.28. The molecule has 2 rings (SSSR count). The number of H-pyrrole nitrogens is 1. The summed E-state index contributed by atoms with van der Waals surface area (Å²) in [7, 11) is 0. The molecule has 5 N–H and O–H groups in total. The van der Waals surface area contributed by atoms with Gasteiger partial charge in [-0.05, 0) is 12.8 Å². The lowest BCUT2D eigenvalue weighted by Crippen LogP contribution is -2.28. The Hall–Kier alpha value is -1.66. The van der Waals surface area contributed by atoms with Crippen LogP contribution in [0.4, 0.5) is 19.0 Å². The number of nitrogens with two attached hydrogens (primary N) is 1. The highest BCUT2D eigenvalue weighted by Gasteiger charge is 2.37. The maximum Gasteiger partial charge on any atom is 0.418 e. The minimum Gasteiger partial charge on any atom is -0.385 e. The van der Waals surface area contributed by atoms with Crippen LogP contribution in [0, 0.1) is 5.41 Å². The number of halogens is 3. The van der Waals surface area contributed by atoms with Gasteiger partial charge in [0.2, 0.25) is 0 Å². The first-order chi connectivity index (χ1) is 7.39. The van der Waals surface area contributed by atoms with Crippen LogP contribution in [0.1, 0.15) is 24.0 Å². The largest absolute Gasteiger partial charge is 0.418 e. The lowest BCUT2D eigenvalue weighted by molar-refractivity contribution is -0.137. The van der Waals surface area contributed by atoms with E-state index < -0.39 is 11.7 Å². The normalized spacial score (nSPS) is 16.2. The molecule has 1 aromatic rings. The number of nitrogens with one attached hydrogen (secondary N) is 3. The van der Waals surface area contributed by atoms with Gasteiger partial charge in [0.25, 0.3) is 0 Å². The molecule has 1 aliphatic rings. The van der Waals surface area contributed by atoms with Gasteiger partial charge in [-0.2, -0.15) is 13.2 Å². The Bertz CT molecular complexity index is 417. The number of rotatable bonds is 2. The summed E-state index contributed by atoms with van der Waals surface area (Å²) in [6.07, 6.45) is -1.95. The van der Waals surface area contributed by atoms with Gasteiger partial charge in [0.15, 0.2) is 0 Å². The first-order valence-corrected chi connectivity index (χ1v) is 4.79. The number of amidine groups is 1. The summed E-state index contributed by atoms with van der Waals surface area (Å²) in [6, 6.07) is 0.114. The standard InChI is InChI=1S/C9H11F3N4/c10-9(11,12)5-3-15-7(13)6(5)8(14)16-4-1-2-4/h3-4,15H,1-2,13H2,(H2,14,16). The van der Waals surface area contributed by atoms with Crippen LogP contribution in [0.2, 0.25) is 0 Å². The summed E-state index contributed by atoms with van der Waals surface area (Å²) in [4.78, 5) is 2.30. The molecule has 1 aromatic heterocycles. The van der Waals surface area contributed by atoms with Gasteiger partial charge in [0, 0.05) is 12.2 Å². The van der Waals surface area contributed by atoms with E-state index in [0.29, 0.717) is 0 Å². The predicted octanol–water partition coefficient (Wildman–Crippen LogP) is 1.69. The second-order valence-corrected chi connectivity index (χ2v) is 3.78. The molecular formula is C9H11F3N4. The average molecular weight is 232 g/mol. The monoisotopic (exact) mass is 232 g/mol. The van der Waals surface area contributed by atoms with E-state index in [1.54, 1.807) is 0 Å². The molecule has 0 aromatic carbocycles. The zero-order valence-electron chi connectivity index (χ0n) is 8.28. The third-order valence-electron chi connectivity index (χ3n) is 2.39. The Balaban J connectivity index is 2.30. The van der Waals surface area contributed by atoms with E-state index in [9.17, 15) is 13.2 Å². The third kappa shape index (κ3) is 1.98. The number of aromatic nitrogens is 1. The molecule has 0 spiro atoms. The molecule has 7 heteroatoms. The molecule has 0 unspecified atom stereocenters. The SMILES string of the molecule is N=C(NC1CC1)c1c(C(F)(F)F)c[nH]c1N. The van der Waals surface area contributed by atoms with Crippen molar-refractivity contribution in [1.82, 2.24) is 10.3 Å². The van der Waals surface area contributed by atoms with E-state index in [4.69, 9.17) is 11.1 Å². The van der Waals surface area contributed by atoms with Crippen LogP contribution in [0.3, 0.4) is 0 Å². The van der Waals surface area contributed by atoms with Crippen molar-refractivity contribution >= 4 is 11.7 Å². The number of aromatic amines is 1. The van der Waals surface area contributed by atoms with Crippen molar-refractivity contribution in [2.45, 2.75) is 25.1 Å². The van der Waals surface area contributed by atoms with Crippen LogP contribution >= 0.6 is 0 Å². The maximum atomic E-state index is 12.6. The number of alkyl halides is 3. The van der Waals surface area contributed by atoms with Gasteiger partial charge < -0.3 is 16.0 Å². The van der Waals surface area contributed by atoms with Crippen molar-refractivity contribution in [3.05, 3.63) is 17.3 Å². The highest BCUT2D eigenvalue weighted by Crippen LogP contribution is 2.34. The maximum absolute atomic E-state index is 12.6. The summed E-state index contributed by atoms with van der Waals surface area (Å²) in [5.41, 5.74) is 4.21. The summed E-state index contributed by atoms with van der Waals surface area (Å²) in [5, 5.41) is 10.3. The molecule has 88 valence electrons. The summed E-state index contributed by atoms with van der Waals surface area (Å²) < 4.78 is 37.7. The Labute approximate surface area is 89.5 Å². The summed E-state index contributed by atoms with van der Waals surface area (Å²) in [6.45, 7) is 0. The Kier molecular flexibility index (Phi) is 2.32. The molecule has 0 saturated heterocycles. The van der Waals surface area contributed by atoms with Crippen molar-refractivity contribution in [2.75, 3.05) is 5.73 Å². The van der Waals surface area contributed by atoms with Crippen LogP contribution in [0.5, 0.6) is 0 Å². The summed E-state index contributed by atoms with van der Waals surface area (Å²) >= 11 is 0. The molecule has 16 heavy (non-hydrogen) atoms. The van der Waals surface area contributed by atoms with E-state index in [1.807, 2.05) is 0 Å². The number of nitrogen functional groups attached to an aromatic ring is 1. The molecule has 1 heterocycles. The van der Waals surface area contributed by atoms with Gasteiger partial charge in [-0.25, -0.2) is 0 Å². The average Bonchev–Trinajstić information content (AvgIpc) is 2.85. The second-order valence-electron chi connectivity index (χ2n) is 3.78. The Morgan fingerprint density at radius 3 is 2.62 bits per heavy atom. The van der Waals surface area contributed by atoms with Crippen molar-refractivity contribution < 1.29 is 13.2 Å². The number of anilines is 1. The highest BCUT2D eigenvalue weighted by atomic mass is 19.4. The fourth-order valence-electron chi connectivity index (χ4n) is 1.44. The molecule has 0 amide bonds. The molecule has 4 nitrogen and oxygen atoms in total. The lowest BCUT2D eigenvalue weighted by atomic mass is 10.1. The van der Waals surface area contributed by atoms with Crippen molar-refractivity contribution in [3.63, 3.8) is 0 Å². The smallest absolute Gasteiger partial charge is 0.385 e. The van der Waals surface area contributed by atoms with E-state index >= 15 is 0 Å². The zero-order chi connectivity index (χ0) is 11.9. The van der Waals surface area contributed by atoms with Crippen LogP contribution in [0.15, 0.2) is 6.20 Å². The molecule has 0 atom stereocenters. The summed E-state index contributed by atoms with van der Waals surface area (Å²) in [5.74, 6) is -0.404. The Morgan fingerprint density at radius 2 is 2.12 bits per heavy atom.